The maximum atomic E-state index is 11.8. The highest BCUT2D eigenvalue weighted by molar-refractivity contribution is 5.76. The summed E-state index contributed by atoms with van der Waals surface area (Å²) in [5.41, 5.74) is 5.41. The lowest BCUT2D eigenvalue weighted by atomic mass is 9.85. The molecule has 0 aromatic rings. The lowest BCUT2D eigenvalue weighted by Gasteiger charge is -2.31. The third-order valence-corrected chi connectivity index (χ3v) is 3.28. The van der Waals surface area contributed by atoms with Crippen molar-refractivity contribution in [2.75, 3.05) is 19.6 Å². The number of nitrogens with two attached hydrogens (primary N) is 1. The fourth-order valence-corrected chi connectivity index (χ4v) is 1.97. The van der Waals surface area contributed by atoms with Gasteiger partial charge in [0.25, 0.3) is 0 Å². The minimum atomic E-state index is 0.317. The average Bonchev–Trinajstić information content (AvgIpc) is 2.16. The van der Waals surface area contributed by atoms with Crippen molar-refractivity contribution in [2.24, 2.45) is 11.7 Å². The molecule has 0 bridgehead atoms. The van der Waals surface area contributed by atoms with Crippen LogP contribution in [0.2, 0.25) is 0 Å². The second kappa shape index (κ2) is 6.83. The first-order chi connectivity index (χ1) is 7.27. The van der Waals surface area contributed by atoms with Gasteiger partial charge >= 0.3 is 0 Å². The van der Waals surface area contributed by atoms with Gasteiger partial charge in [-0.15, -0.1) is 0 Å². The monoisotopic (exact) mass is 212 g/mol. The molecule has 0 aromatic carbocycles. The van der Waals surface area contributed by atoms with Crippen LogP contribution in [0, 0.1) is 5.92 Å². The Kier molecular flexibility index (Phi) is 5.69. The molecule has 1 amide bonds. The third kappa shape index (κ3) is 4.20. The lowest BCUT2D eigenvalue weighted by molar-refractivity contribution is -0.132. The first kappa shape index (κ1) is 12.5. The van der Waals surface area contributed by atoms with Gasteiger partial charge in [0.2, 0.25) is 5.91 Å². The minimum absolute atomic E-state index is 0.317. The van der Waals surface area contributed by atoms with Crippen LogP contribution in [0.4, 0.5) is 0 Å². The van der Waals surface area contributed by atoms with Crippen LogP contribution in [0.15, 0.2) is 0 Å². The number of nitrogens with zero attached hydrogens (tertiary/aromatic N) is 1. The van der Waals surface area contributed by atoms with Gasteiger partial charge in [-0.2, -0.15) is 0 Å². The van der Waals surface area contributed by atoms with Crippen molar-refractivity contribution >= 4 is 5.91 Å². The molecule has 0 heterocycles. The summed E-state index contributed by atoms with van der Waals surface area (Å²) in [5, 5.41) is 0. The van der Waals surface area contributed by atoms with E-state index >= 15 is 0 Å². The third-order valence-electron chi connectivity index (χ3n) is 3.28. The van der Waals surface area contributed by atoms with Gasteiger partial charge in [-0.1, -0.05) is 6.42 Å². The summed E-state index contributed by atoms with van der Waals surface area (Å²) in [6, 6.07) is 0. The Morgan fingerprint density at radius 2 is 2.13 bits per heavy atom. The highest BCUT2D eigenvalue weighted by atomic mass is 16.2. The Bertz CT molecular complexity index is 190. The van der Waals surface area contributed by atoms with E-state index in [2.05, 4.69) is 6.92 Å². The maximum absolute atomic E-state index is 11.8. The van der Waals surface area contributed by atoms with Crippen molar-refractivity contribution < 1.29 is 4.79 Å². The first-order valence-electron chi connectivity index (χ1n) is 6.25. The Morgan fingerprint density at radius 1 is 1.40 bits per heavy atom. The molecule has 1 fully saturated rings. The van der Waals surface area contributed by atoms with Gasteiger partial charge in [-0.05, 0) is 45.1 Å². The fraction of sp³-hybridized carbons (Fsp3) is 0.917. The number of carbonyl (C=O) groups is 1. The van der Waals surface area contributed by atoms with Crippen molar-refractivity contribution in [3.8, 4) is 0 Å². The molecule has 0 unspecified atom stereocenters. The number of rotatable bonds is 7. The summed E-state index contributed by atoms with van der Waals surface area (Å²) in [6.45, 7) is 4.61. The molecule has 3 heteroatoms. The quantitative estimate of drug-likeness (QED) is 0.654. The Morgan fingerprint density at radius 3 is 2.60 bits per heavy atom. The first-order valence-corrected chi connectivity index (χ1v) is 6.25. The van der Waals surface area contributed by atoms with Gasteiger partial charge in [-0.3, -0.25) is 4.79 Å². The van der Waals surface area contributed by atoms with Gasteiger partial charge in [0, 0.05) is 19.5 Å². The molecule has 0 atom stereocenters. The van der Waals surface area contributed by atoms with Crippen LogP contribution in [0.25, 0.3) is 0 Å². The molecule has 3 nitrogen and oxygen atoms in total. The van der Waals surface area contributed by atoms with Gasteiger partial charge in [0.1, 0.15) is 0 Å². The van der Waals surface area contributed by atoms with Crippen molar-refractivity contribution in [3.05, 3.63) is 0 Å². The molecule has 1 saturated carbocycles. The molecule has 2 N–H and O–H groups in total. The summed E-state index contributed by atoms with van der Waals surface area (Å²) in [4.78, 5) is 13.8. The lowest BCUT2D eigenvalue weighted by Crippen LogP contribution is -2.37. The Labute approximate surface area is 93.0 Å². The van der Waals surface area contributed by atoms with E-state index in [1.807, 2.05) is 4.90 Å². The second-order valence-electron chi connectivity index (χ2n) is 4.48. The summed E-state index contributed by atoms with van der Waals surface area (Å²) >= 11 is 0. The molecule has 0 spiro atoms. The van der Waals surface area contributed by atoms with E-state index in [0.717, 1.165) is 31.8 Å². The molecule has 0 saturated heterocycles. The van der Waals surface area contributed by atoms with Gasteiger partial charge < -0.3 is 10.6 Å². The highest BCUT2D eigenvalue weighted by Crippen LogP contribution is 2.27. The Balaban J connectivity index is 2.19. The van der Waals surface area contributed by atoms with Crippen molar-refractivity contribution in [1.29, 1.82) is 0 Å². The number of amides is 1. The van der Waals surface area contributed by atoms with Crippen molar-refractivity contribution in [1.82, 2.24) is 4.90 Å². The predicted octanol–water partition coefficient (Wildman–Crippen LogP) is 1.76. The van der Waals surface area contributed by atoms with Gasteiger partial charge in [-0.25, -0.2) is 0 Å². The highest BCUT2D eigenvalue weighted by Gasteiger charge is 2.22. The zero-order chi connectivity index (χ0) is 11.1. The second-order valence-corrected chi connectivity index (χ2v) is 4.48. The number of carbonyl (C=O) groups excluding carboxylic acids is 1. The number of hydrogen-bond donors (Lipinski definition) is 1. The van der Waals surface area contributed by atoms with E-state index in [9.17, 15) is 4.79 Å². The largest absolute Gasteiger partial charge is 0.343 e. The zero-order valence-electron chi connectivity index (χ0n) is 9.87. The van der Waals surface area contributed by atoms with Crippen LogP contribution in [-0.4, -0.2) is 30.4 Å². The molecule has 0 aromatic heterocycles. The maximum Gasteiger partial charge on any atom is 0.222 e. The van der Waals surface area contributed by atoms with Crippen molar-refractivity contribution in [3.63, 3.8) is 0 Å². The molecule has 0 aliphatic heterocycles. The summed E-state index contributed by atoms with van der Waals surface area (Å²) in [5.74, 6) is 1.10. The van der Waals surface area contributed by atoms with Crippen LogP contribution in [-0.2, 0) is 4.79 Å². The summed E-state index contributed by atoms with van der Waals surface area (Å²) in [6.07, 6.45) is 6.56. The van der Waals surface area contributed by atoms with Gasteiger partial charge in [0.15, 0.2) is 0 Å². The van der Waals surface area contributed by atoms with E-state index < -0.39 is 0 Å². The van der Waals surface area contributed by atoms with Crippen LogP contribution < -0.4 is 5.73 Å². The van der Waals surface area contributed by atoms with E-state index in [1.165, 1.54) is 19.3 Å². The van der Waals surface area contributed by atoms with Crippen LogP contribution in [0.5, 0.6) is 0 Å². The smallest absolute Gasteiger partial charge is 0.222 e. The van der Waals surface area contributed by atoms with E-state index in [0.29, 0.717) is 18.9 Å². The van der Waals surface area contributed by atoms with Crippen LogP contribution in [0.1, 0.15) is 45.4 Å². The van der Waals surface area contributed by atoms with Crippen LogP contribution in [0.3, 0.4) is 0 Å². The van der Waals surface area contributed by atoms with E-state index in [4.69, 9.17) is 5.73 Å². The van der Waals surface area contributed by atoms with Gasteiger partial charge in [0.05, 0.1) is 0 Å². The molecule has 88 valence electrons. The normalized spacial score (nSPS) is 16.1. The molecule has 1 aliphatic carbocycles. The summed E-state index contributed by atoms with van der Waals surface area (Å²) in [7, 11) is 0. The van der Waals surface area contributed by atoms with E-state index in [1.54, 1.807) is 0 Å². The molecular formula is C12H24N2O. The van der Waals surface area contributed by atoms with Crippen LogP contribution >= 0.6 is 0 Å². The number of unbranched alkanes of at least 4 members (excludes halogenated alkanes) is 1. The zero-order valence-corrected chi connectivity index (χ0v) is 9.87. The average molecular weight is 212 g/mol. The molecule has 15 heavy (non-hydrogen) atoms. The minimum Gasteiger partial charge on any atom is -0.343 e. The van der Waals surface area contributed by atoms with E-state index in [-0.39, 0.29) is 0 Å². The summed E-state index contributed by atoms with van der Waals surface area (Å²) < 4.78 is 0. The standard InChI is InChI=1S/C12H24N2O/c1-2-14(10-11-6-5-7-11)12(15)8-3-4-9-13/h11H,2-10,13H2,1H3. The topological polar surface area (TPSA) is 46.3 Å². The number of hydrogen-bond acceptors (Lipinski definition) is 2. The molecule has 1 rings (SSSR count). The predicted molar refractivity (Wildman–Crippen MR) is 62.5 cm³/mol. The Hall–Kier alpha value is -0.570. The van der Waals surface area contributed by atoms with Crippen molar-refractivity contribution in [2.45, 2.75) is 45.4 Å². The SMILES string of the molecule is CCN(CC1CCC1)C(=O)CCCCN. The molecule has 1 aliphatic rings. The molecule has 0 radical (unpaired) electrons. The molecular weight excluding hydrogens is 188 g/mol. The fourth-order valence-electron chi connectivity index (χ4n) is 1.97.